The number of carbonyl (C=O) groups excluding carboxylic acids is 1. The van der Waals surface area contributed by atoms with E-state index in [4.69, 9.17) is 9.47 Å². The van der Waals surface area contributed by atoms with Gasteiger partial charge >= 0.3 is 0 Å². The molecule has 36 heavy (non-hydrogen) atoms. The number of hydrogen-bond donors (Lipinski definition) is 2. The number of carbonyl (C=O) groups is 1. The van der Waals surface area contributed by atoms with Crippen molar-refractivity contribution >= 4 is 48.1 Å². The number of amides is 1. The molecule has 0 bridgehead atoms. The van der Waals surface area contributed by atoms with Crippen molar-refractivity contribution in [2.24, 2.45) is 0 Å². The number of anilines is 2. The summed E-state index contributed by atoms with van der Waals surface area (Å²) in [4.78, 5) is 18.2. The van der Waals surface area contributed by atoms with Gasteiger partial charge in [-0.05, 0) is 36.8 Å². The van der Waals surface area contributed by atoms with Crippen molar-refractivity contribution in [3.8, 4) is 11.5 Å². The third kappa shape index (κ3) is 5.44. The molecule has 1 aromatic heterocycles. The van der Waals surface area contributed by atoms with Crippen LogP contribution in [-0.2, 0) is 14.6 Å². The van der Waals surface area contributed by atoms with Crippen LogP contribution in [0.15, 0.2) is 65.6 Å². The van der Waals surface area contributed by atoms with Gasteiger partial charge in [0, 0.05) is 17.8 Å². The van der Waals surface area contributed by atoms with Crippen molar-refractivity contribution in [3.05, 3.63) is 71.8 Å². The monoisotopic (exact) mass is 525 g/mol. The van der Waals surface area contributed by atoms with Gasteiger partial charge in [-0.15, -0.1) is 0 Å². The van der Waals surface area contributed by atoms with E-state index in [-0.39, 0.29) is 16.6 Å². The van der Waals surface area contributed by atoms with E-state index in [1.54, 1.807) is 39.3 Å². The van der Waals surface area contributed by atoms with Gasteiger partial charge in [-0.3, -0.25) is 10.1 Å². The van der Waals surface area contributed by atoms with Crippen LogP contribution in [0, 0.1) is 6.92 Å². The lowest BCUT2D eigenvalue weighted by Crippen LogP contribution is -2.27. The Balaban J connectivity index is 1.65. The second-order valence-electron chi connectivity index (χ2n) is 8.10. The van der Waals surface area contributed by atoms with E-state index in [1.807, 2.05) is 37.3 Å². The fourth-order valence-corrected chi connectivity index (χ4v) is 5.40. The molecule has 0 aliphatic rings. The van der Waals surface area contributed by atoms with E-state index in [9.17, 15) is 13.2 Å². The highest BCUT2D eigenvalue weighted by atomic mass is 32.2. The number of sulfone groups is 1. The van der Waals surface area contributed by atoms with Gasteiger partial charge in [0.25, 0.3) is 5.91 Å². The van der Waals surface area contributed by atoms with Crippen molar-refractivity contribution in [3.63, 3.8) is 0 Å². The highest BCUT2D eigenvalue weighted by Crippen LogP contribution is 2.36. The first-order chi connectivity index (χ1) is 17.2. The van der Waals surface area contributed by atoms with Gasteiger partial charge in [0.05, 0.1) is 35.1 Å². The average Bonchev–Trinajstić information content (AvgIpc) is 3.28. The summed E-state index contributed by atoms with van der Waals surface area (Å²) in [6.07, 6.45) is 0. The van der Waals surface area contributed by atoms with E-state index >= 15 is 0 Å². The van der Waals surface area contributed by atoms with Gasteiger partial charge in [-0.2, -0.15) is 0 Å². The van der Waals surface area contributed by atoms with Crippen LogP contribution in [0.1, 0.15) is 24.1 Å². The molecule has 2 N–H and O–H groups in total. The minimum atomic E-state index is -3.35. The molecule has 3 aromatic carbocycles. The molecule has 10 heteroatoms. The molecule has 0 saturated carbocycles. The van der Waals surface area contributed by atoms with Crippen LogP contribution in [-0.4, -0.2) is 39.3 Å². The Hall–Kier alpha value is -3.63. The molecule has 0 spiro atoms. The Kier molecular flexibility index (Phi) is 7.46. The van der Waals surface area contributed by atoms with Gasteiger partial charge in [0.15, 0.2) is 26.5 Å². The first-order valence-corrected chi connectivity index (χ1v) is 13.7. The summed E-state index contributed by atoms with van der Waals surface area (Å²) in [6.45, 7) is 3.58. The van der Waals surface area contributed by atoms with Crippen molar-refractivity contribution in [1.29, 1.82) is 0 Å². The number of thiazole rings is 1. The quantitative estimate of drug-likeness (QED) is 0.309. The van der Waals surface area contributed by atoms with Crippen molar-refractivity contribution in [2.75, 3.05) is 30.6 Å². The van der Waals surface area contributed by atoms with Crippen LogP contribution < -0.4 is 20.1 Å². The fourth-order valence-electron chi connectivity index (χ4n) is 3.64. The maximum atomic E-state index is 13.5. The second-order valence-corrected chi connectivity index (χ2v) is 11.4. The first kappa shape index (κ1) is 25.5. The topological polar surface area (TPSA) is 107 Å². The van der Waals surface area contributed by atoms with Gasteiger partial charge in [0.1, 0.15) is 6.04 Å². The Morgan fingerprint density at radius 3 is 2.25 bits per heavy atom. The molecule has 1 heterocycles. The van der Waals surface area contributed by atoms with Crippen LogP contribution in [0.3, 0.4) is 0 Å². The van der Waals surface area contributed by atoms with E-state index in [0.717, 1.165) is 16.0 Å². The second kappa shape index (κ2) is 10.5. The number of aryl methyl sites for hydroxylation is 1. The van der Waals surface area contributed by atoms with E-state index in [1.165, 1.54) is 23.5 Å². The highest BCUT2D eigenvalue weighted by Gasteiger charge is 2.23. The van der Waals surface area contributed by atoms with Gasteiger partial charge in [0.2, 0.25) is 0 Å². The molecule has 1 unspecified atom stereocenters. The lowest BCUT2D eigenvalue weighted by atomic mass is 10.1. The number of fused-ring (bicyclic) bond motifs is 1. The summed E-state index contributed by atoms with van der Waals surface area (Å²) < 4.78 is 36.0. The summed E-state index contributed by atoms with van der Waals surface area (Å²) >= 11 is 1.32. The third-order valence-electron chi connectivity index (χ3n) is 5.70. The first-order valence-electron chi connectivity index (χ1n) is 11.2. The van der Waals surface area contributed by atoms with Crippen molar-refractivity contribution in [1.82, 2.24) is 4.98 Å². The van der Waals surface area contributed by atoms with Crippen LogP contribution >= 0.6 is 11.3 Å². The third-order valence-corrected chi connectivity index (χ3v) is 8.39. The molecule has 0 radical (unpaired) electrons. The van der Waals surface area contributed by atoms with Gasteiger partial charge < -0.3 is 14.8 Å². The molecular formula is C26H27N3O5S2. The number of benzene rings is 3. The fraction of sp³-hybridized carbons (Fsp3) is 0.231. The molecule has 8 nitrogen and oxygen atoms in total. The summed E-state index contributed by atoms with van der Waals surface area (Å²) in [7, 11) is -0.235. The van der Waals surface area contributed by atoms with Crippen molar-refractivity contribution in [2.45, 2.75) is 24.8 Å². The van der Waals surface area contributed by atoms with Crippen molar-refractivity contribution < 1.29 is 22.7 Å². The number of ether oxygens (including phenoxy) is 2. The zero-order chi connectivity index (χ0) is 25.9. The van der Waals surface area contributed by atoms with Gasteiger partial charge in [-0.1, -0.05) is 48.1 Å². The lowest BCUT2D eigenvalue weighted by molar-refractivity contribution is -0.117. The number of nitrogens with one attached hydrogen (secondary N) is 2. The minimum Gasteiger partial charge on any atom is -0.493 e. The van der Waals surface area contributed by atoms with Crippen LogP contribution in [0.25, 0.3) is 10.2 Å². The van der Waals surface area contributed by atoms with Crippen LogP contribution in [0.5, 0.6) is 11.5 Å². The maximum absolute atomic E-state index is 13.5. The number of aromatic nitrogens is 1. The average molecular weight is 526 g/mol. The molecule has 0 fully saturated rings. The molecule has 188 valence electrons. The smallest absolute Gasteiger partial charge is 0.253 e. The number of nitrogens with zero attached hydrogens (tertiary/aromatic N) is 1. The Bertz CT molecular complexity index is 1440. The molecule has 1 amide bonds. The molecule has 4 aromatic rings. The highest BCUT2D eigenvalue weighted by molar-refractivity contribution is 7.91. The summed E-state index contributed by atoms with van der Waals surface area (Å²) in [5.41, 5.74) is 3.14. The molecule has 0 aliphatic heterocycles. The van der Waals surface area contributed by atoms with E-state index < -0.39 is 15.9 Å². The summed E-state index contributed by atoms with van der Waals surface area (Å²) in [6, 6.07) is 16.8. The predicted molar refractivity (Wildman–Crippen MR) is 143 cm³/mol. The van der Waals surface area contributed by atoms with Gasteiger partial charge in [-0.25, -0.2) is 13.4 Å². The molecule has 4 rings (SSSR count). The zero-order valence-electron chi connectivity index (χ0n) is 20.4. The minimum absolute atomic E-state index is 0.00502. The Labute approximate surface area is 214 Å². The summed E-state index contributed by atoms with van der Waals surface area (Å²) in [5.74, 6) is 0.798. The Morgan fingerprint density at radius 1 is 1.00 bits per heavy atom. The standard InChI is InChI=1S/C26H27N3O5S2/c1-5-36(31,32)19-12-8-17(9-13-19)24(27-18-10-6-16(2)7-11-18)25(30)29-26-28-20-14-21(33-3)22(34-4)15-23(20)35-26/h6-15,24,27H,5H2,1-4H3,(H,28,29,30). The molecule has 0 saturated heterocycles. The Morgan fingerprint density at radius 2 is 1.64 bits per heavy atom. The SMILES string of the molecule is CCS(=O)(=O)c1ccc(C(Nc2ccc(C)cc2)C(=O)Nc2nc3cc(OC)c(OC)cc3s2)cc1. The maximum Gasteiger partial charge on any atom is 0.253 e. The van der Waals surface area contributed by atoms with Crippen LogP contribution in [0.2, 0.25) is 0 Å². The number of methoxy groups -OCH3 is 2. The predicted octanol–water partition coefficient (Wildman–Crippen LogP) is 5.21. The van der Waals surface area contributed by atoms with Crippen LogP contribution in [0.4, 0.5) is 10.8 Å². The number of rotatable bonds is 9. The number of hydrogen-bond acceptors (Lipinski definition) is 8. The van der Waals surface area contributed by atoms with E-state index in [0.29, 0.717) is 27.7 Å². The largest absolute Gasteiger partial charge is 0.493 e. The molecule has 0 aliphatic carbocycles. The van der Waals surface area contributed by atoms with E-state index in [2.05, 4.69) is 15.6 Å². The normalized spacial score (nSPS) is 12.2. The molecular weight excluding hydrogens is 498 g/mol. The summed E-state index contributed by atoms with van der Waals surface area (Å²) in [5, 5.41) is 6.58. The zero-order valence-corrected chi connectivity index (χ0v) is 22.0. The lowest BCUT2D eigenvalue weighted by Gasteiger charge is -2.20. The molecule has 1 atom stereocenters.